The molecule has 1 atom stereocenters. The van der Waals surface area contributed by atoms with Crippen LogP contribution in [0, 0.1) is 6.92 Å². The summed E-state index contributed by atoms with van der Waals surface area (Å²) in [5, 5.41) is 3.14. The highest BCUT2D eigenvalue weighted by atomic mass is 16.1. The molecule has 1 unspecified atom stereocenters. The number of piperazine rings is 1. The van der Waals surface area contributed by atoms with Crippen molar-refractivity contribution in [3.05, 3.63) is 59.9 Å². The monoisotopic (exact) mass is 391 g/mol. The van der Waals surface area contributed by atoms with Crippen LogP contribution in [-0.4, -0.2) is 71.1 Å². The van der Waals surface area contributed by atoms with E-state index >= 15 is 0 Å². The average molecular weight is 392 g/mol. The molecule has 29 heavy (non-hydrogen) atoms. The van der Waals surface area contributed by atoms with Crippen LogP contribution < -0.4 is 5.32 Å². The molecular formula is C23H29N5O. The van der Waals surface area contributed by atoms with Gasteiger partial charge in [0.15, 0.2) is 0 Å². The summed E-state index contributed by atoms with van der Waals surface area (Å²) in [5.41, 5.74) is 4.75. The minimum atomic E-state index is -0.0429. The molecule has 1 amide bonds. The molecule has 1 N–H and O–H groups in total. The Morgan fingerprint density at radius 1 is 1.14 bits per heavy atom. The van der Waals surface area contributed by atoms with E-state index in [9.17, 15) is 4.79 Å². The Labute approximate surface area is 172 Å². The van der Waals surface area contributed by atoms with E-state index in [0.717, 1.165) is 49.4 Å². The molecule has 4 rings (SSSR count). The maximum Gasteiger partial charge on any atom is 0.251 e. The van der Waals surface area contributed by atoms with Crippen molar-refractivity contribution in [1.82, 2.24) is 24.7 Å². The quantitative estimate of drug-likeness (QED) is 0.727. The predicted octanol–water partition coefficient (Wildman–Crippen LogP) is 2.70. The number of amides is 1. The number of hydrogen-bond acceptors (Lipinski definition) is 4. The number of benzene rings is 2. The summed E-state index contributed by atoms with van der Waals surface area (Å²) in [6.45, 7) is 9.30. The van der Waals surface area contributed by atoms with Gasteiger partial charge in [-0.2, -0.15) is 0 Å². The lowest BCUT2D eigenvalue weighted by Gasteiger charge is -2.34. The molecule has 0 aliphatic carbocycles. The van der Waals surface area contributed by atoms with Gasteiger partial charge in [0.1, 0.15) is 6.33 Å². The second-order valence-electron chi connectivity index (χ2n) is 8.14. The van der Waals surface area contributed by atoms with Crippen LogP contribution in [0.5, 0.6) is 0 Å². The van der Waals surface area contributed by atoms with Crippen molar-refractivity contribution in [2.45, 2.75) is 19.9 Å². The number of carbonyl (C=O) groups excluding carboxylic acids is 1. The molecular weight excluding hydrogens is 362 g/mol. The van der Waals surface area contributed by atoms with Gasteiger partial charge in [-0.05, 0) is 56.8 Å². The molecule has 0 bridgehead atoms. The lowest BCUT2D eigenvalue weighted by Crippen LogP contribution is -2.49. The van der Waals surface area contributed by atoms with Crippen molar-refractivity contribution >= 4 is 16.9 Å². The Hall–Kier alpha value is -2.70. The zero-order valence-corrected chi connectivity index (χ0v) is 17.4. The van der Waals surface area contributed by atoms with E-state index in [1.807, 2.05) is 30.6 Å². The van der Waals surface area contributed by atoms with Gasteiger partial charge in [-0.15, -0.1) is 0 Å². The summed E-state index contributed by atoms with van der Waals surface area (Å²) in [4.78, 5) is 22.0. The molecule has 1 aliphatic heterocycles. The highest BCUT2D eigenvalue weighted by Gasteiger charge is 2.18. The van der Waals surface area contributed by atoms with E-state index in [0.29, 0.717) is 5.56 Å². The molecule has 0 saturated carbocycles. The molecule has 1 aliphatic rings. The minimum absolute atomic E-state index is 0.0429. The van der Waals surface area contributed by atoms with Crippen LogP contribution >= 0.6 is 0 Å². The zero-order valence-electron chi connectivity index (χ0n) is 17.4. The van der Waals surface area contributed by atoms with Crippen LogP contribution in [0.3, 0.4) is 0 Å². The van der Waals surface area contributed by atoms with Crippen molar-refractivity contribution < 1.29 is 4.79 Å². The summed E-state index contributed by atoms with van der Waals surface area (Å²) in [5.74, 6) is -0.0429. The molecule has 152 valence electrons. The van der Waals surface area contributed by atoms with E-state index in [4.69, 9.17) is 0 Å². The molecule has 1 saturated heterocycles. The number of rotatable bonds is 5. The molecule has 1 aromatic heterocycles. The molecule has 2 heterocycles. The van der Waals surface area contributed by atoms with Crippen molar-refractivity contribution in [1.29, 1.82) is 0 Å². The summed E-state index contributed by atoms with van der Waals surface area (Å²) >= 11 is 0. The van der Waals surface area contributed by atoms with Gasteiger partial charge < -0.3 is 10.2 Å². The number of carbonyl (C=O) groups is 1. The number of aromatic nitrogens is 2. The smallest absolute Gasteiger partial charge is 0.251 e. The summed E-state index contributed by atoms with van der Waals surface area (Å²) in [6, 6.07) is 14.1. The number of likely N-dealkylation sites (N-methyl/N-ethyl adjacent to an activating group) is 1. The molecule has 0 radical (unpaired) electrons. The second-order valence-corrected chi connectivity index (χ2v) is 8.14. The van der Waals surface area contributed by atoms with Crippen molar-refractivity contribution in [2.75, 3.05) is 39.8 Å². The fraction of sp³-hybridized carbons (Fsp3) is 0.391. The van der Waals surface area contributed by atoms with Gasteiger partial charge in [0, 0.05) is 50.0 Å². The van der Waals surface area contributed by atoms with Crippen molar-refractivity contribution in [3.8, 4) is 5.69 Å². The molecule has 2 aromatic carbocycles. The molecule has 6 heteroatoms. The average Bonchev–Trinajstić information content (AvgIpc) is 3.13. The SMILES string of the molecule is Cc1cccc(-n2cnc3cc(C(=O)NC(C)CN4CCN(C)CC4)ccc32)c1. The molecule has 1 fully saturated rings. The van der Waals surface area contributed by atoms with Crippen LogP contribution in [0.25, 0.3) is 16.7 Å². The van der Waals surface area contributed by atoms with E-state index < -0.39 is 0 Å². The van der Waals surface area contributed by atoms with Gasteiger partial charge in [-0.1, -0.05) is 12.1 Å². The maximum atomic E-state index is 12.7. The highest BCUT2D eigenvalue weighted by molar-refractivity contribution is 5.97. The third-order valence-electron chi connectivity index (χ3n) is 5.59. The summed E-state index contributed by atoms with van der Waals surface area (Å²) in [7, 11) is 2.15. The van der Waals surface area contributed by atoms with E-state index in [1.165, 1.54) is 5.56 Å². The Bertz CT molecular complexity index is 1000. The Morgan fingerprint density at radius 3 is 2.69 bits per heavy atom. The molecule has 0 spiro atoms. The summed E-state index contributed by atoms with van der Waals surface area (Å²) < 4.78 is 2.06. The number of nitrogens with zero attached hydrogens (tertiary/aromatic N) is 4. The number of aryl methyl sites for hydroxylation is 1. The van der Waals surface area contributed by atoms with Gasteiger partial charge in [0.2, 0.25) is 0 Å². The van der Waals surface area contributed by atoms with E-state index in [2.05, 4.69) is 63.8 Å². The lowest BCUT2D eigenvalue weighted by atomic mass is 10.1. The topological polar surface area (TPSA) is 53.4 Å². The molecule has 6 nitrogen and oxygen atoms in total. The fourth-order valence-electron chi connectivity index (χ4n) is 3.91. The van der Waals surface area contributed by atoms with Gasteiger partial charge >= 0.3 is 0 Å². The van der Waals surface area contributed by atoms with Crippen LogP contribution in [0.1, 0.15) is 22.8 Å². The van der Waals surface area contributed by atoms with Crippen LogP contribution in [0.4, 0.5) is 0 Å². The fourth-order valence-corrected chi connectivity index (χ4v) is 3.91. The number of fused-ring (bicyclic) bond motifs is 1. The first-order valence-corrected chi connectivity index (χ1v) is 10.3. The Balaban J connectivity index is 1.44. The second kappa shape index (κ2) is 8.35. The van der Waals surface area contributed by atoms with E-state index in [1.54, 1.807) is 0 Å². The van der Waals surface area contributed by atoms with Gasteiger partial charge in [-0.25, -0.2) is 4.98 Å². The Kier molecular flexibility index (Phi) is 5.65. The van der Waals surface area contributed by atoms with Crippen LogP contribution in [0.15, 0.2) is 48.8 Å². The predicted molar refractivity (Wildman–Crippen MR) is 117 cm³/mol. The number of nitrogens with one attached hydrogen (secondary N) is 1. The summed E-state index contributed by atoms with van der Waals surface area (Å²) in [6.07, 6.45) is 1.82. The van der Waals surface area contributed by atoms with Crippen molar-refractivity contribution in [2.24, 2.45) is 0 Å². The first-order valence-electron chi connectivity index (χ1n) is 10.3. The third kappa shape index (κ3) is 4.49. The highest BCUT2D eigenvalue weighted by Crippen LogP contribution is 2.20. The van der Waals surface area contributed by atoms with Gasteiger partial charge in [0.25, 0.3) is 5.91 Å². The zero-order chi connectivity index (χ0) is 20.4. The van der Waals surface area contributed by atoms with Gasteiger partial charge in [-0.3, -0.25) is 14.3 Å². The largest absolute Gasteiger partial charge is 0.348 e. The van der Waals surface area contributed by atoms with Crippen LogP contribution in [-0.2, 0) is 0 Å². The first-order chi connectivity index (χ1) is 14.0. The third-order valence-corrected chi connectivity index (χ3v) is 5.59. The van der Waals surface area contributed by atoms with Crippen LogP contribution in [0.2, 0.25) is 0 Å². The van der Waals surface area contributed by atoms with Gasteiger partial charge in [0.05, 0.1) is 11.0 Å². The Morgan fingerprint density at radius 2 is 1.93 bits per heavy atom. The van der Waals surface area contributed by atoms with Crippen molar-refractivity contribution in [3.63, 3.8) is 0 Å². The number of imidazole rings is 1. The number of hydrogen-bond donors (Lipinski definition) is 1. The standard InChI is InChI=1S/C23H29N5O/c1-17-5-4-6-20(13-17)28-16-24-21-14-19(7-8-22(21)28)23(29)25-18(2)15-27-11-9-26(3)10-12-27/h4-8,13-14,16,18H,9-12,15H2,1-3H3,(H,25,29). The maximum absolute atomic E-state index is 12.7. The lowest BCUT2D eigenvalue weighted by molar-refractivity contribution is 0.0914. The first kappa shape index (κ1) is 19.6. The minimum Gasteiger partial charge on any atom is -0.348 e. The van der Waals surface area contributed by atoms with E-state index in [-0.39, 0.29) is 11.9 Å². The molecule has 3 aromatic rings. The normalized spacial score (nSPS) is 16.8.